The molecule has 1 aliphatic rings. The van der Waals surface area contributed by atoms with Gasteiger partial charge in [0, 0.05) is 31.7 Å². The molecule has 0 unspecified atom stereocenters. The molecule has 0 spiro atoms. The fraction of sp³-hybridized carbons (Fsp3) is 0.375. The number of alkyl halides is 1. The van der Waals surface area contributed by atoms with E-state index < -0.39 is 6.67 Å². The highest BCUT2D eigenvalue weighted by Crippen LogP contribution is 2.35. The van der Waals surface area contributed by atoms with Crippen molar-refractivity contribution < 1.29 is 9.50 Å². The molecule has 2 aromatic rings. The lowest BCUT2D eigenvalue weighted by atomic mass is 9.96. The molecule has 1 atom stereocenters. The summed E-state index contributed by atoms with van der Waals surface area (Å²) in [6, 6.07) is 11.0. The molecule has 2 aromatic carbocycles. The summed E-state index contributed by atoms with van der Waals surface area (Å²) in [6.07, 6.45) is 0. The Hall–Kier alpha value is -1.36. The van der Waals surface area contributed by atoms with Crippen molar-refractivity contribution in [2.45, 2.75) is 6.04 Å². The number of hydrogen-bond donors (Lipinski definition) is 2. The molecule has 1 heterocycles. The standard InChI is InChI=1S/C16H19FN2O.ClH/c17-11-14(19-9-7-18-8-10-19)16-13-4-2-1-3-12(13)5-6-15(16)20;/h1-6,14,18,20H,7-11H2;1H/t14-;/m0./s1. The third-order valence-electron chi connectivity index (χ3n) is 4.02. The normalized spacial score (nSPS) is 17.4. The molecule has 1 saturated heterocycles. The zero-order chi connectivity index (χ0) is 13.9. The highest BCUT2D eigenvalue weighted by Gasteiger charge is 2.26. The predicted octanol–water partition coefficient (Wildman–Crippen LogP) is 2.88. The maximum atomic E-state index is 13.7. The van der Waals surface area contributed by atoms with Gasteiger partial charge >= 0.3 is 0 Å². The topological polar surface area (TPSA) is 35.5 Å². The first-order valence-electron chi connectivity index (χ1n) is 7.02. The van der Waals surface area contributed by atoms with Crippen LogP contribution in [0.15, 0.2) is 36.4 Å². The summed E-state index contributed by atoms with van der Waals surface area (Å²) in [7, 11) is 0. The van der Waals surface area contributed by atoms with Crippen LogP contribution in [0.1, 0.15) is 11.6 Å². The number of piperazine rings is 1. The third-order valence-corrected chi connectivity index (χ3v) is 4.02. The molecular formula is C16H20ClFN2O. The summed E-state index contributed by atoms with van der Waals surface area (Å²) in [5.74, 6) is 0.185. The number of nitrogens with zero attached hydrogens (tertiary/aromatic N) is 1. The monoisotopic (exact) mass is 310 g/mol. The molecule has 0 aromatic heterocycles. The summed E-state index contributed by atoms with van der Waals surface area (Å²) >= 11 is 0. The van der Waals surface area contributed by atoms with Crippen LogP contribution in [0.4, 0.5) is 4.39 Å². The molecule has 114 valence electrons. The average Bonchev–Trinajstić information content (AvgIpc) is 2.51. The smallest absolute Gasteiger partial charge is 0.121 e. The Morgan fingerprint density at radius 1 is 1.14 bits per heavy atom. The maximum Gasteiger partial charge on any atom is 0.121 e. The first-order valence-corrected chi connectivity index (χ1v) is 7.02. The lowest BCUT2D eigenvalue weighted by Crippen LogP contribution is -2.45. The van der Waals surface area contributed by atoms with E-state index in [1.54, 1.807) is 6.07 Å². The minimum atomic E-state index is -0.485. The van der Waals surface area contributed by atoms with Gasteiger partial charge in [0.25, 0.3) is 0 Å². The van der Waals surface area contributed by atoms with Crippen LogP contribution in [-0.4, -0.2) is 42.9 Å². The van der Waals surface area contributed by atoms with E-state index in [1.807, 2.05) is 30.3 Å². The second-order valence-corrected chi connectivity index (χ2v) is 5.18. The second kappa shape index (κ2) is 7.07. The van der Waals surface area contributed by atoms with E-state index in [2.05, 4.69) is 10.2 Å². The fourth-order valence-electron chi connectivity index (χ4n) is 2.99. The Morgan fingerprint density at radius 2 is 1.86 bits per heavy atom. The van der Waals surface area contributed by atoms with Crippen molar-refractivity contribution in [1.29, 1.82) is 0 Å². The van der Waals surface area contributed by atoms with Gasteiger partial charge in [-0.3, -0.25) is 4.90 Å². The Balaban J connectivity index is 0.00000161. The summed E-state index contributed by atoms with van der Waals surface area (Å²) in [5.41, 5.74) is 0.715. The highest BCUT2D eigenvalue weighted by molar-refractivity contribution is 5.88. The zero-order valence-corrected chi connectivity index (χ0v) is 12.6. The van der Waals surface area contributed by atoms with Gasteiger partial charge in [0.15, 0.2) is 0 Å². The van der Waals surface area contributed by atoms with Crippen LogP contribution in [-0.2, 0) is 0 Å². The number of aromatic hydroxyl groups is 1. The number of phenolic OH excluding ortho intramolecular Hbond substituents is 1. The number of fused-ring (bicyclic) bond motifs is 1. The zero-order valence-electron chi connectivity index (χ0n) is 11.8. The molecule has 0 saturated carbocycles. The van der Waals surface area contributed by atoms with Crippen LogP contribution in [0.25, 0.3) is 10.8 Å². The summed E-state index contributed by atoms with van der Waals surface area (Å²) < 4.78 is 13.7. The van der Waals surface area contributed by atoms with E-state index in [1.165, 1.54) is 0 Å². The molecule has 21 heavy (non-hydrogen) atoms. The number of halogens is 2. The van der Waals surface area contributed by atoms with Gasteiger partial charge in [-0.05, 0) is 16.8 Å². The van der Waals surface area contributed by atoms with Crippen LogP contribution >= 0.6 is 12.4 Å². The molecule has 0 aliphatic carbocycles. The molecule has 2 N–H and O–H groups in total. The molecule has 0 bridgehead atoms. The van der Waals surface area contributed by atoms with Crippen molar-refractivity contribution in [3.63, 3.8) is 0 Å². The van der Waals surface area contributed by atoms with Crippen LogP contribution in [0.2, 0.25) is 0 Å². The van der Waals surface area contributed by atoms with Gasteiger partial charge in [0.2, 0.25) is 0 Å². The van der Waals surface area contributed by atoms with Crippen molar-refractivity contribution in [3.05, 3.63) is 42.0 Å². The van der Waals surface area contributed by atoms with Crippen LogP contribution in [0, 0.1) is 0 Å². The first-order chi connectivity index (χ1) is 9.81. The van der Waals surface area contributed by atoms with E-state index >= 15 is 0 Å². The summed E-state index contributed by atoms with van der Waals surface area (Å²) in [4.78, 5) is 2.11. The van der Waals surface area contributed by atoms with Gasteiger partial charge in [0.05, 0.1) is 6.04 Å². The van der Waals surface area contributed by atoms with Gasteiger partial charge in [-0.2, -0.15) is 0 Å². The van der Waals surface area contributed by atoms with Crippen LogP contribution in [0.5, 0.6) is 5.75 Å². The van der Waals surface area contributed by atoms with E-state index in [-0.39, 0.29) is 24.2 Å². The number of phenols is 1. The predicted molar refractivity (Wildman–Crippen MR) is 86.0 cm³/mol. The third kappa shape index (κ3) is 3.12. The van der Waals surface area contributed by atoms with Crippen molar-refractivity contribution in [1.82, 2.24) is 10.2 Å². The summed E-state index contributed by atoms with van der Waals surface area (Å²) in [6.45, 7) is 2.85. The molecule has 3 rings (SSSR count). The molecule has 3 nitrogen and oxygen atoms in total. The fourth-order valence-corrected chi connectivity index (χ4v) is 2.99. The van der Waals surface area contributed by atoms with Crippen molar-refractivity contribution in [2.24, 2.45) is 0 Å². The SMILES string of the molecule is Cl.Oc1ccc2ccccc2c1[C@H](CF)N1CCNCC1. The molecular weight excluding hydrogens is 291 g/mol. The van der Waals surface area contributed by atoms with Crippen LogP contribution < -0.4 is 5.32 Å². The minimum absolute atomic E-state index is 0. The molecule has 0 amide bonds. The lowest BCUT2D eigenvalue weighted by molar-refractivity contribution is 0.146. The number of benzene rings is 2. The largest absolute Gasteiger partial charge is 0.508 e. The van der Waals surface area contributed by atoms with Gasteiger partial charge in [-0.25, -0.2) is 4.39 Å². The Morgan fingerprint density at radius 3 is 2.57 bits per heavy atom. The van der Waals surface area contributed by atoms with Crippen molar-refractivity contribution >= 4 is 23.2 Å². The first kappa shape index (κ1) is 16.0. The Bertz CT molecular complexity index is 602. The van der Waals surface area contributed by atoms with E-state index in [4.69, 9.17) is 0 Å². The van der Waals surface area contributed by atoms with E-state index in [0.717, 1.165) is 37.0 Å². The Labute approximate surface area is 130 Å². The van der Waals surface area contributed by atoms with Gasteiger partial charge in [-0.1, -0.05) is 30.3 Å². The number of rotatable bonds is 3. The summed E-state index contributed by atoms with van der Waals surface area (Å²) in [5, 5.41) is 15.5. The minimum Gasteiger partial charge on any atom is -0.508 e. The van der Waals surface area contributed by atoms with Gasteiger partial charge in [0.1, 0.15) is 12.4 Å². The second-order valence-electron chi connectivity index (χ2n) is 5.18. The van der Waals surface area contributed by atoms with Crippen molar-refractivity contribution in [3.8, 4) is 5.75 Å². The molecule has 5 heteroatoms. The average molecular weight is 311 g/mol. The number of hydrogen-bond acceptors (Lipinski definition) is 3. The lowest BCUT2D eigenvalue weighted by Gasteiger charge is -2.34. The van der Waals surface area contributed by atoms with Crippen LogP contribution in [0.3, 0.4) is 0 Å². The van der Waals surface area contributed by atoms with Crippen molar-refractivity contribution in [2.75, 3.05) is 32.9 Å². The molecule has 0 radical (unpaired) electrons. The molecule has 1 fully saturated rings. The number of nitrogens with one attached hydrogen (secondary N) is 1. The quantitative estimate of drug-likeness (QED) is 0.915. The van der Waals surface area contributed by atoms with Gasteiger partial charge in [-0.15, -0.1) is 12.4 Å². The van der Waals surface area contributed by atoms with Gasteiger partial charge < -0.3 is 10.4 Å². The molecule has 1 aliphatic heterocycles. The highest BCUT2D eigenvalue weighted by atomic mass is 35.5. The maximum absolute atomic E-state index is 13.7. The van der Waals surface area contributed by atoms with E-state index in [0.29, 0.717) is 5.56 Å². The Kier molecular flexibility index (Phi) is 5.39. The van der Waals surface area contributed by atoms with E-state index in [9.17, 15) is 9.50 Å².